The molecule has 0 aromatic heterocycles. The number of nitrogens with two attached hydrogens (primary N) is 1. The smallest absolute Gasteiger partial charge is 0.113 e. The zero-order valence-corrected chi connectivity index (χ0v) is 8.36. The first-order valence-corrected chi connectivity index (χ1v) is 4.93. The fourth-order valence-corrected chi connectivity index (χ4v) is 1.74. The molecule has 0 bridgehead atoms. The summed E-state index contributed by atoms with van der Waals surface area (Å²) in [4.78, 5) is 0. The van der Waals surface area contributed by atoms with Crippen LogP contribution < -0.4 is 5.73 Å². The van der Waals surface area contributed by atoms with Crippen molar-refractivity contribution in [2.45, 2.75) is 19.4 Å². The van der Waals surface area contributed by atoms with Gasteiger partial charge in [-0.15, -0.1) is 0 Å². The fourth-order valence-electron chi connectivity index (χ4n) is 1.74. The van der Waals surface area contributed by atoms with Crippen LogP contribution in [-0.4, -0.2) is 6.61 Å². The normalized spacial score (nSPS) is 17.4. The summed E-state index contributed by atoms with van der Waals surface area (Å²) in [7, 11) is 0. The monoisotopic (exact) mass is 189 g/mol. The molecule has 2 nitrogen and oxygen atoms in total. The SMILES string of the molecule is Cc1ccccc1C(N)C1=CCCO1. The Morgan fingerprint density at radius 3 is 2.79 bits per heavy atom. The van der Waals surface area contributed by atoms with Crippen molar-refractivity contribution in [2.24, 2.45) is 5.73 Å². The summed E-state index contributed by atoms with van der Waals surface area (Å²) in [6.45, 7) is 2.85. The molecule has 1 atom stereocenters. The number of hydrogen-bond donors (Lipinski definition) is 1. The molecule has 0 radical (unpaired) electrons. The van der Waals surface area contributed by atoms with E-state index in [4.69, 9.17) is 10.5 Å². The van der Waals surface area contributed by atoms with Gasteiger partial charge in [0.2, 0.25) is 0 Å². The molecule has 1 unspecified atom stereocenters. The molecule has 2 rings (SSSR count). The second kappa shape index (κ2) is 3.84. The average Bonchev–Trinajstić information content (AvgIpc) is 2.70. The van der Waals surface area contributed by atoms with E-state index >= 15 is 0 Å². The molecule has 0 amide bonds. The van der Waals surface area contributed by atoms with Crippen LogP contribution >= 0.6 is 0 Å². The number of hydrogen-bond acceptors (Lipinski definition) is 2. The van der Waals surface area contributed by atoms with Gasteiger partial charge in [-0.25, -0.2) is 0 Å². The highest BCUT2D eigenvalue weighted by Crippen LogP contribution is 2.25. The summed E-state index contributed by atoms with van der Waals surface area (Å²) in [5.74, 6) is 0.916. The zero-order chi connectivity index (χ0) is 9.97. The molecule has 0 aliphatic carbocycles. The van der Waals surface area contributed by atoms with E-state index < -0.39 is 0 Å². The molecule has 1 aromatic carbocycles. The lowest BCUT2D eigenvalue weighted by molar-refractivity contribution is 0.225. The van der Waals surface area contributed by atoms with Gasteiger partial charge >= 0.3 is 0 Å². The van der Waals surface area contributed by atoms with Crippen molar-refractivity contribution >= 4 is 0 Å². The minimum absolute atomic E-state index is 0.0984. The highest BCUT2D eigenvalue weighted by Gasteiger charge is 2.17. The van der Waals surface area contributed by atoms with E-state index in [1.54, 1.807) is 0 Å². The Hall–Kier alpha value is -1.28. The first kappa shape index (κ1) is 9.28. The lowest BCUT2D eigenvalue weighted by Crippen LogP contribution is -2.14. The van der Waals surface area contributed by atoms with E-state index in [9.17, 15) is 0 Å². The standard InChI is InChI=1S/C12H15NO/c1-9-5-2-3-6-10(9)12(13)11-7-4-8-14-11/h2-3,5-7,12H,4,8,13H2,1H3. The summed E-state index contributed by atoms with van der Waals surface area (Å²) in [5.41, 5.74) is 8.48. The maximum Gasteiger partial charge on any atom is 0.113 e. The van der Waals surface area contributed by atoms with Crippen LogP contribution in [0.1, 0.15) is 23.6 Å². The number of aryl methyl sites for hydroxylation is 1. The maximum absolute atomic E-state index is 6.11. The molecule has 0 saturated heterocycles. The molecule has 1 aliphatic heterocycles. The Labute approximate surface area is 84.4 Å². The lowest BCUT2D eigenvalue weighted by Gasteiger charge is -2.15. The van der Waals surface area contributed by atoms with Crippen molar-refractivity contribution in [3.8, 4) is 0 Å². The van der Waals surface area contributed by atoms with E-state index in [2.05, 4.69) is 25.1 Å². The second-order valence-electron chi connectivity index (χ2n) is 3.58. The molecule has 1 heterocycles. The third-order valence-corrected chi connectivity index (χ3v) is 2.56. The van der Waals surface area contributed by atoms with Crippen LogP contribution in [0.15, 0.2) is 36.1 Å². The zero-order valence-electron chi connectivity index (χ0n) is 8.36. The van der Waals surface area contributed by atoms with Crippen molar-refractivity contribution in [2.75, 3.05) is 6.61 Å². The van der Waals surface area contributed by atoms with Crippen molar-refractivity contribution in [1.82, 2.24) is 0 Å². The molecule has 0 fully saturated rings. The molecule has 2 heteroatoms. The van der Waals surface area contributed by atoms with Gasteiger partial charge in [-0.05, 0) is 24.1 Å². The highest BCUT2D eigenvalue weighted by molar-refractivity contribution is 5.33. The Morgan fingerprint density at radius 2 is 2.14 bits per heavy atom. The van der Waals surface area contributed by atoms with Crippen LogP contribution in [0.3, 0.4) is 0 Å². The Kier molecular flexibility index (Phi) is 2.55. The van der Waals surface area contributed by atoms with Gasteiger partial charge in [0.05, 0.1) is 12.6 Å². The molecule has 0 spiro atoms. The van der Waals surface area contributed by atoms with E-state index in [-0.39, 0.29) is 6.04 Å². The van der Waals surface area contributed by atoms with Gasteiger partial charge in [-0.1, -0.05) is 24.3 Å². The number of ether oxygens (including phenoxy) is 1. The largest absolute Gasteiger partial charge is 0.496 e. The quantitative estimate of drug-likeness (QED) is 0.774. The topological polar surface area (TPSA) is 35.2 Å². The average molecular weight is 189 g/mol. The predicted molar refractivity (Wildman–Crippen MR) is 56.8 cm³/mol. The minimum atomic E-state index is -0.0984. The van der Waals surface area contributed by atoms with E-state index in [0.717, 1.165) is 24.4 Å². The molecule has 1 aromatic rings. The van der Waals surface area contributed by atoms with Crippen LogP contribution in [0.2, 0.25) is 0 Å². The molecular weight excluding hydrogens is 174 g/mol. The Balaban J connectivity index is 2.26. The maximum atomic E-state index is 6.11. The van der Waals surface area contributed by atoms with Gasteiger partial charge in [0, 0.05) is 6.42 Å². The van der Waals surface area contributed by atoms with Crippen LogP contribution in [0, 0.1) is 6.92 Å². The molecule has 74 valence electrons. The molecule has 2 N–H and O–H groups in total. The fraction of sp³-hybridized carbons (Fsp3) is 0.333. The van der Waals surface area contributed by atoms with Crippen LogP contribution in [-0.2, 0) is 4.74 Å². The van der Waals surface area contributed by atoms with Crippen LogP contribution in [0.4, 0.5) is 0 Å². The van der Waals surface area contributed by atoms with Gasteiger partial charge in [-0.3, -0.25) is 0 Å². The highest BCUT2D eigenvalue weighted by atomic mass is 16.5. The summed E-state index contributed by atoms with van der Waals surface area (Å²) >= 11 is 0. The summed E-state index contributed by atoms with van der Waals surface area (Å²) in [6.07, 6.45) is 3.06. The second-order valence-corrected chi connectivity index (χ2v) is 3.58. The van der Waals surface area contributed by atoms with Gasteiger partial charge in [0.15, 0.2) is 0 Å². The third kappa shape index (κ3) is 1.66. The van der Waals surface area contributed by atoms with Gasteiger partial charge in [0.25, 0.3) is 0 Å². The summed E-state index contributed by atoms with van der Waals surface area (Å²) < 4.78 is 5.46. The van der Waals surface area contributed by atoms with Gasteiger partial charge in [-0.2, -0.15) is 0 Å². The lowest BCUT2D eigenvalue weighted by atomic mass is 10.0. The summed E-state index contributed by atoms with van der Waals surface area (Å²) in [5, 5.41) is 0. The number of rotatable bonds is 2. The predicted octanol–water partition coefficient (Wildman–Crippen LogP) is 2.30. The molecule has 14 heavy (non-hydrogen) atoms. The first-order chi connectivity index (χ1) is 6.79. The van der Waals surface area contributed by atoms with Crippen LogP contribution in [0.5, 0.6) is 0 Å². The van der Waals surface area contributed by atoms with Gasteiger partial charge in [0.1, 0.15) is 5.76 Å². The van der Waals surface area contributed by atoms with Gasteiger partial charge < -0.3 is 10.5 Å². The molecule has 1 aliphatic rings. The Bertz CT molecular complexity index is 357. The van der Waals surface area contributed by atoms with Crippen molar-refractivity contribution in [3.63, 3.8) is 0 Å². The van der Waals surface area contributed by atoms with Crippen LogP contribution in [0.25, 0.3) is 0 Å². The minimum Gasteiger partial charge on any atom is -0.496 e. The summed E-state index contributed by atoms with van der Waals surface area (Å²) in [6, 6.07) is 8.07. The van der Waals surface area contributed by atoms with E-state index in [0.29, 0.717) is 0 Å². The molecular formula is C12H15NO. The van der Waals surface area contributed by atoms with Crippen molar-refractivity contribution in [3.05, 3.63) is 47.2 Å². The van der Waals surface area contributed by atoms with Crippen molar-refractivity contribution < 1.29 is 4.74 Å². The first-order valence-electron chi connectivity index (χ1n) is 4.93. The van der Waals surface area contributed by atoms with Crippen molar-refractivity contribution in [1.29, 1.82) is 0 Å². The van der Waals surface area contributed by atoms with E-state index in [1.165, 1.54) is 5.56 Å². The molecule has 0 saturated carbocycles. The Morgan fingerprint density at radius 1 is 1.36 bits per heavy atom. The third-order valence-electron chi connectivity index (χ3n) is 2.56. The van der Waals surface area contributed by atoms with E-state index in [1.807, 2.05) is 12.1 Å². The number of benzene rings is 1.